The third-order valence-electron chi connectivity index (χ3n) is 2.08. The Morgan fingerprint density at radius 3 is 2.94 bits per heavy atom. The molecule has 0 aliphatic heterocycles. The molecule has 0 bridgehead atoms. The Morgan fingerprint density at radius 2 is 2.28 bits per heavy atom. The highest BCUT2D eigenvalue weighted by Crippen LogP contribution is 2.08. The average Bonchev–Trinajstić information content (AvgIpc) is 2.78. The van der Waals surface area contributed by atoms with E-state index in [2.05, 4.69) is 15.3 Å². The van der Waals surface area contributed by atoms with E-state index in [1.54, 1.807) is 41.4 Å². The van der Waals surface area contributed by atoms with Crippen LogP contribution in [0.5, 0.6) is 0 Å². The molecule has 92 valence electrons. The van der Waals surface area contributed by atoms with E-state index < -0.39 is 0 Å². The van der Waals surface area contributed by atoms with E-state index in [1.165, 1.54) is 0 Å². The molecule has 1 amide bonds. The van der Waals surface area contributed by atoms with Gasteiger partial charge in [0.1, 0.15) is 0 Å². The van der Waals surface area contributed by atoms with Gasteiger partial charge in [0.25, 0.3) is 0 Å². The van der Waals surface area contributed by atoms with Gasteiger partial charge in [-0.15, -0.1) is 10.2 Å². The molecule has 6 nitrogen and oxygen atoms in total. The summed E-state index contributed by atoms with van der Waals surface area (Å²) in [5.41, 5.74) is 5.87. The Morgan fingerprint density at radius 1 is 1.44 bits per heavy atom. The number of hydrogen-bond donors (Lipinski definition) is 1. The molecule has 0 fully saturated rings. The van der Waals surface area contributed by atoms with Crippen LogP contribution >= 0.6 is 11.6 Å². The number of halogens is 1. The summed E-state index contributed by atoms with van der Waals surface area (Å²) in [5.74, 6) is 0.191. The van der Waals surface area contributed by atoms with Crippen LogP contribution in [0.15, 0.2) is 30.6 Å². The first kappa shape index (κ1) is 12.3. The Bertz CT molecular complexity index is 575. The quantitative estimate of drug-likeness (QED) is 0.898. The van der Waals surface area contributed by atoms with Crippen LogP contribution in [0.2, 0.25) is 5.15 Å². The lowest BCUT2D eigenvalue weighted by atomic mass is 10.3. The van der Waals surface area contributed by atoms with Crippen LogP contribution < -0.4 is 5.73 Å². The van der Waals surface area contributed by atoms with Gasteiger partial charge in [-0.25, -0.2) is 4.68 Å². The third kappa shape index (κ3) is 3.14. The van der Waals surface area contributed by atoms with Crippen LogP contribution in [0, 0.1) is 0 Å². The van der Waals surface area contributed by atoms with E-state index in [0.29, 0.717) is 11.0 Å². The lowest BCUT2D eigenvalue weighted by Crippen LogP contribution is -2.07. The Balaban J connectivity index is 2.12. The van der Waals surface area contributed by atoms with Crippen LogP contribution in [0.3, 0.4) is 0 Å². The van der Waals surface area contributed by atoms with Crippen molar-refractivity contribution in [1.82, 2.24) is 20.0 Å². The van der Waals surface area contributed by atoms with Gasteiger partial charge in [0.2, 0.25) is 5.91 Å². The van der Waals surface area contributed by atoms with Crippen molar-refractivity contribution in [1.29, 1.82) is 0 Å². The standard InChI is InChI=1S/C11H10ClN5O/c12-9-4-5-11(16-15-9)17-7-8(6-14-17)2-1-3-10(13)18/h1-2,4-7H,3H2,(H2,13,18). The molecule has 2 heterocycles. The highest BCUT2D eigenvalue weighted by atomic mass is 35.5. The van der Waals surface area contributed by atoms with Crippen LogP contribution in [0.1, 0.15) is 12.0 Å². The maximum Gasteiger partial charge on any atom is 0.221 e. The summed E-state index contributed by atoms with van der Waals surface area (Å²) in [6.45, 7) is 0. The summed E-state index contributed by atoms with van der Waals surface area (Å²) in [4.78, 5) is 10.6. The number of carbonyl (C=O) groups excluding carboxylic acids is 1. The summed E-state index contributed by atoms with van der Waals surface area (Å²) in [6.07, 6.45) is 7.05. The number of amides is 1. The first-order chi connectivity index (χ1) is 8.65. The lowest BCUT2D eigenvalue weighted by molar-refractivity contribution is -0.117. The van der Waals surface area contributed by atoms with Gasteiger partial charge in [0, 0.05) is 18.2 Å². The van der Waals surface area contributed by atoms with Crippen molar-refractivity contribution in [3.8, 4) is 5.82 Å². The monoisotopic (exact) mass is 263 g/mol. The van der Waals surface area contributed by atoms with Crippen molar-refractivity contribution >= 4 is 23.6 Å². The molecule has 2 N–H and O–H groups in total. The maximum absolute atomic E-state index is 10.6. The van der Waals surface area contributed by atoms with Gasteiger partial charge in [-0.2, -0.15) is 5.10 Å². The number of nitrogens with two attached hydrogens (primary N) is 1. The molecule has 2 aromatic rings. The van der Waals surface area contributed by atoms with Crippen molar-refractivity contribution in [2.75, 3.05) is 0 Å². The van der Waals surface area contributed by atoms with Gasteiger partial charge in [0.05, 0.1) is 6.20 Å². The van der Waals surface area contributed by atoms with Gasteiger partial charge in [-0.05, 0) is 12.1 Å². The van der Waals surface area contributed by atoms with E-state index in [1.807, 2.05) is 0 Å². The van der Waals surface area contributed by atoms with Gasteiger partial charge in [-0.3, -0.25) is 4.79 Å². The number of hydrogen-bond acceptors (Lipinski definition) is 4. The van der Waals surface area contributed by atoms with E-state index in [4.69, 9.17) is 17.3 Å². The molecule has 0 aromatic carbocycles. The van der Waals surface area contributed by atoms with Crippen molar-refractivity contribution < 1.29 is 4.79 Å². The molecule has 0 spiro atoms. The number of primary amides is 1. The molecule has 0 radical (unpaired) electrons. The van der Waals surface area contributed by atoms with E-state index >= 15 is 0 Å². The molecule has 0 saturated carbocycles. The Kier molecular flexibility index (Phi) is 3.69. The molecule has 0 aliphatic carbocycles. The normalized spacial score (nSPS) is 10.9. The molecule has 0 saturated heterocycles. The number of nitrogens with zero attached hydrogens (tertiary/aromatic N) is 4. The predicted octanol–water partition coefficient (Wildman–Crippen LogP) is 1.20. The summed E-state index contributed by atoms with van der Waals surface area (Å²) in [5, 5.41) is 12.1. The highest BCUT2D eigenvalue weighted by molar-refractivity contribution is 6.29. The Hall–Kier alpha value is -2.21. The fourth-order valence-corrected chi connectivity index (χ4v) is 1.39. The van der Waals surface area contributed by atoms with Gasteiger partial charge < -0.3 is 5.73 Å². The second-order valence-electron chi connectivity index (χ2n) is 3.51. The molecule has 2 rings (SSSR count). The minimum Gasteiger partial charge on any atom is -0.369 e. The number of carbonyl (C=O) groups is 1. The van der Waals surface area contributed by atoms with E-state index in [9.17, 15) is 4.79 Å². The van der Waals surface area contributed by atoms with E-state index in [-0.39, 0.29) is 12.3 Å². The summed E-state index contributed by atoms with van der Waals surface area (Å²) < 4.78 is 1.56. The molecular weight excluding hydrogens is 254 g/mol. The number of aromatic nitrogens is 4. The third-order valence-corrected chi connectivity index (χ3v) is 2.29. The first-order valence-electron chi connectivity index (χ1n) is 5.14. The van der Waals surface area contributed by atoms with Crippen molar-refractivity contribution in [3.05, 3.63) is 41.3 Å². The predicted molar refractivity (Wildman–Crippen MR) is 67.0 cm³/mol. The van der Waals surface area contributed by atoms with Crippen LogP contribution in [-0.2, 0) is 4.79 Å². The summed E-state index contributed by atoms with van der Waals surface area (Å²) in [7, 11) is 0. The highest BCUT2D eigenvalue weighted by Gasteiger charge is 2.01. The fourth-order valence-electron chi connectivity index (χ4n) is 1.29. The molecule has 18 heavy (non-hydrogen) atoms. The maximum atomic E-state index is 10.6. The lowest BCUT2D eigenvalue weighted by Gasteiger charge is -1.97. The zero-order valence-corrected chi connectivity index (χ0v) is 10.1. The van der Waals surface area contributed by atoms with Gasteiger partial charge in [0.15, 0.2) is 11.0 Å². The van der Waals surface area contributed by atoms with Crippen molar-refractivity contribution in [3.63, 3.8) is 0 Å². The van der Waals surface area contributed by atoms with E-state index in [0.717, 1.165) is 5.56 Å². The zero-order valence-electron chi connectivity index (χ0n) is 9.32. The largest absolute Gasteiger partial charge is 0.369 e. The molecule has 0 aliphatic rings. The van der Waals surface area contributed by atoms with Gasteiger partial charge >= 0.3 is 0 Å². The smallest absolute Gasteiger partial charge is 0.221 e. The average molecular weight is 264 g/mol. The van der Waals surface area contributed by atoms with Crippen LogP contribution in [0.4, 0.5) is 0 Å². The molecular formula is C11H10ClN5O. The first-order valence-corrected chi connectivity index (χ1v) is 5.52. The topological polar surface area (TPSA) is 86.7 Å². The summed E-state index contributed by atoms with van der Waals surface area (Å²) >= 11 is 5.64. The van der Waals surface area contributed by atoms with Crippen molar-refractivity contribution in [2.24, 2.45) is 5.73 Å². The Labute approximate surface area is 108 Å². The van der Waals surface area contributed by atoms with Crippen molar-refractivity contribution in [2.45, 2.75) is 6.42 Å². The molecule has 0 unspecified atom stereocenters. The molecule has 7 heteroatoms. The minimum atomic E-state index is -0.373. The second-order valence-corrected chi connectivity index (χ2v) is 3.89. The van der Waals surface area contributed by atoms with Crippen LogP contribution in [-0.4, -0.2) is 25.9 Å². The SMILES string of the molecule is NC(=O)CC=Cc1cnn(-c2ccc(Cl)nn2)c1. The second kappa shape index (κ2) is 5.42. The van der Waals surface area contributed by atoms with Gasteiger partial charge in [-0.1, -0.05) is 23.8 Å². The minimum absolute atomic E-state index is 0.200. The number of rotatable bonds is 4. The molecule has 2 aromatic heterocycles. The van der Waals surface area contributed by atoms with Crippen LogP contribution in [0.25, 0.3) is 11.9 Å². The fraction of sp³-hybridized carbons (Fsp3) is 0.0909. The summed E-state index contributed by atoms with van der Waals surface area (Å²) in [6, 6.07) is 3.34. The molecule has 0 atom stereocenters. The zero-order chi connectivity index (χ0) is 13.0.